The van der Waals surface area contributed by atoms with E-state index in [2.05, 4.69) is 13.8 Å². The molecule has 0 fully saturated rings. The monoisotopic (exact) mass is 248 g/mol. The molecule has 3 nitrogen and oxygen atoms in total. The molecule has 3 heteroatoms. The molecule has 100 valence electrons. The fourth-order valence-corrected chi connectivity index (χ4v) is 2.24. The zero-order chi connectivity index (χ0) is 13.5. The Balaban J connectivity index is 2.78. The van der Waals surface area contributed by atoms with Crippen molar-refractivity contribution in [3.63, 3.8) is 0 Å². The minimum absolute atomic E-state index is 0.246. The van der Waals surface area contributed by atoms with Crippen molar-refractivity contribution in [2.75, 3.05) is 0 Å². The van der Waals surface area contributed by atoms with Crippen LogP contribution in [0.15, 0.2) is 24.3 Å². The normalized spacial score (nSPS) is 14.2. The molecule has 0 saturated heterocycles. The van der Waals surface area contributed by atoms with Crippen molar-refractivity contribution >= 4 is 5.91 Å². The Morgan fingerprint density at radius 2 is 1.89 bits per heavy atom. The van der Waals surface area contributed by atoms with Crippen LogP contribution in [0.25, 0.3) is 0 Å². The summed E-state index contributed by atoms with van der Waals surface area (Å²) in [5.74, 6) is 0.167. The molecule has 0 radical (unpaired) electrons. The van der Waals surface area contributed by atoms with Gasteiger partial charge in [-0.15, -0.1) is 0 Å². The number of hydrogen-bond donors (Lipinski definition) is 2. The first kappa shape index (κ1) is 14.7. The Morgan fingerprint density at radius 3 is 2.44 bits per heavy atom. The third kappa shape index (κ3) is 4.15. The molecule has 1 rings (SSSR count). The second kappa shape index (κ2) is 7.17. The van der Waals surface area contributed by atoms with Gasteiger partial charge in [-0.2, -0.15) is 0 Å². The fourth-order valence-electron chi connectivity index (χ4n) is 2.24. The van der Waals surface area contributed by atoms with Crippen LogP contribution < -0.4 is 11.5 Å². The Bertz CT molecular complexity index is 390. The van der Waals surface area contributed by atoms with Gasteiger partial charge in [-0.25, -0.2) is 0 Å². The van der Waals surface area contributed by atoms with Gasteiger partial charge in [-0.3, -0.25) is 4.79 Å². The highest BCUT2D eigenvalue weighted by molar-refractivity contribution is 5.94. The number of hydrogen-bond acceptors (Lipinski definition) is 2. The van der Waals surface area contributed by atoms with Crippen molar-refractivity contribution < 1.29 is 4.79 Å². The smallest absolute Gasteiger partial charge is 0.248 e. The molecule has 2 unspecified atom stereocenters. The maximum Gasteiger partial charge on any atom is 0.248 e. The van der Waals surface area contributed by atoms with Gasteiger partial charge in [0.25, 0.3) is 0 Å². The molecule has 0 aliphatic rings. The SMILES string of the molecule is CCC(N)CC(CC)Cc1ccccc1C(N)=O. The molecule has 0 spiro atoms. The summed E-state index contributed by atoms with van der Waals surface area (Å²) in [7, 11) is 0. The molecule has 0 aliphatic carbocycles. The second-order valence-electron chi connectivity index (χ2n) is 4.90. The van der Waals surface area contributed by atoms with Gasteiger partial charge in [0.05, 0.1) is 0 Å². The van der Waals surface area contributed by atoms with Crippen LogP contribution in [0.5, 0.6) is 0 Å². The minimum Gasteiger partial charge on any atom is -0.366 e. The van der Waals surface area contributed by atoms with E-state index < -0.39 is 0 Å². The van der Waals surface area contributed by atoms with Gasteiger partial charge in [0.1, 0.15) is 0 Å². The lowest BCUT2D eigenvalue weighted by Gasteiger charge is -2.19. The molecule has 1 aromatic carbocycles. The maximum absolute atomic E-state index is 11.4. The van der Waals surface area contributed by atoms with Gasteiger partial charge in [0.2, 0.25) is 5.91 Å². The average molecular weight is 248 g/mol. The summed E-state index contributed by atoms with van der Waals surface area (Å²) in [6.07, 6.45) is 3.94. The summed E-state index contributed by atoms with van der Waals surface area (Å²) in [5.41, 5.74) is 13.1. The lowest BCUT2D eigenvalue weighted by atomic mass is 9.88. The van der Waals surface area contributed by atoms with Crippen LogP contribution in [0.1, 0.15) is 49.0 Å². The summed E-state index contributed by atoms with van der Waals surface area (Å²) < 4.78 is 0. The number of carbonyl (C=O) groups is 1. The predicted octanol–water partition coefficient (Wildman–Crippen LogP) is 2.48. The van der Waals surface area contributed by atoms with Gasteiger partial charge < -0.3 is 11.5 Å². The fraction of sp³-hybridized carbons (Fsp3) is 0.533. The lowest BCUT2D eigenvalue weighted by Crippen LogP contribution is -2.24. The van der Waals surface area contributed by atoms with Crippen LogP contribution in [-0.4, -0.2) is 11.9 Å². The Labute approximate surface area is 110 Å². The first-order valence-electron chi connectivity index (χ1n) is 6.71. The summed E-state index contributed by atoms with van der Waals surface area (Å²) in [6.45, 7) is 4.27. The van der Waals surface area contributed by atoms with E-state index in [1.807, 2.05) is 18.2 Å². The zero-order valence-electron chi connectivity index (χ0n) is 11.4. The predicted molar refractivity (Wildman–Crippen MR) is 75.3 cm³/mol. The van der Waals surface area contributed by atoms with Gasteiger partial charge in [-0.05, 0) is 36.8 Å². The summed E-state index contributed by atoms with van der Waals surface area (Å²) >= 11 is 0. The largest absolute Gasteiger partial charge is 0.366 e. The van der Waals surface area contributed by atoms with E-state index in [9.17, 15) is 4.79 Å². The number of nitrogens with two attached hydrogens (primary N) is 2. The number of carbonyl (C=O) groups excluding carboxylic acids is 1. The van der Waals surface area contributed by atoms with E-state index in [-0.39, 0.29) is 11.9 Å². The van der Waals surface area contributed by atoms with E-state index in [1.165, 1.54) is 0 Å². The van der Waals surface area contributed by atoms with E-state index in [0.29, 0.717) is 11.5 Å². The molecule has 18 heavy (non-hydrogen) atoms. The standard InChI is InChI=1S/C15H24N2O/c1-3-11(10-13(16)4-2)9-12-7-5-6-8-14(12)15(17)18/h5-8,11,13H,3-4,9-10,16H2,1-2H3,(H2,17,18). The molecular formula is C15H24N2O. The number of amides is 1. The number of rotatable bonds is 7. The van der Waals surface area contributed by atoms with Crippen molar-refractivity contribution in [3.8, 4) is 0 Å². The quantitative estimate of drug-likeness (QED) is 0.778. The Kier molecular flexibility index (Phi) is 5.86. The Morgan fingerprint density at radius 1 is 1.22 bits per heavy atom. The third-order valence-corrected chi connectivity index (χ3v) is 3.53. The third-order valence-electron chi connectivity index (χ3n) is 3.53. The van der Waals surface area contributed by atoms with Crippen LogP contribution in [0.2, 0.25) is 0 Å². The summed E-state index contributed by atoms with van der Waals surface area (Å²) in [5, 5.41) is 0. The van der Waals surface area contributed by atoms with Crippen LogP contribution in [0, 0.1) is 5.92 Å². The van der Waals surface area contributed by atoms with Crippen molar-refractivity contribution in [1.82, 2.24) is 0 Å². The molecule has 1 amide bonds. The van der Waals surface area contributed by atoms with Crippen LogP contribution in [-0.2, 0) is 6.42 Å². The Hall–Kier alpha value is -1.35. The second-order valence-corrected chi connectivity index (χ2v) is 4.90. The highest BCUT2D eigenvalue weighted by atomic mass is 16.1. The van der Waals surface area contributed by atoms with Gasteiger partial charge >= 0.3 is 0 Å². The van der Waals surface area contributed by atoms with Gasteiger partial charge in [-0.1, -0.05) is 38.5 Å². The first-order valence-corrected chi connectivity index (χ1v) is 6.71. The van der Waals surface area contributed by atoms with E-state index in [4.69, 9.17) is 11.5 Å². The van der Waals surface area contributed by atoms with Crippen molar-refractivity contribution in [2.45, 2.75) is 45.6 Å². The first-order chi connectivity index (χ1) is 8.58. The molecule has 0 bridgehead atoms. The molecule has 4 N–H and O–H groups in total. The van der Waals surface area contributed by atoms with E-state index >= 15 is 0 Å². The number of benzene rings is 1. The molecule has 0 aromatic heterocycles. The minimum atomic E-state index is -0.347. The van der Waals surface area contributed by atoms with Crippen LogP contribution in [0.4, 0.5) is 0 Å². The van der Waals surface area contributed by atoms with E-state index in [1.54, 1.807) is 6.07 Å². The highest BCUT2D eigenvalue weighted by Gasteiger charge is 2.15. The highest BCUT2D eigenvalue weighted by Crippen LogP contribution is 2.20. The molecule has 0 saturated carbocycles. The molecule has 0 aliphatic heterocycles. The molecule has 2 atom stereocenters. The van der Waals surface area contributed by atoms with Crippen molar-refractivity contribution in [2.24, 2.45) is 17.4 Å². The van der Waals surface area contributed by atoms with Gasteiger partial charge in [0, 0.05) is 11.6 Å². The maximum atomic E-state index is 11.4. The van der Waals surface area contributed by atoms with Crippen molar-refractivity contribution in [3.05, 3.63) is 35.4 Å². The molecular weight excluding hydrogens is 224 g/mol. The number of primary amides is 1. The summed E-state index contributed by atoms with van der Waals surface area (Å²) in [4.78, 5) is 11.4. The average Bonchev–Trinajstić information content (AvgIpc) is 2.38. The van der Waals surface area contributed by atoms with Crippen LogP contribution in [0.3, 0.4) is 0 Å². The van der Waals surface area contributed by atoms with Crippen molar-refractivity contribution in [1.29, 1.82) is 0 Å². The zero-order valence-corrected chi connectivity index (χ0v) is 11.4. The summed E-state index contributed by atoms with van der Waals surface area (Å²) in [6, 6.07) is 7.83. The van der Waals surface area contributed by atoms with Crippen LogP contribution >= 0.6 is 0 Å². The molecule has 1 aromatic rings. The topological polar surface area (TPSA) is 69.1 Å². The van der Waals surface area contributed by atoms with Gasteiger partial charge in [0.15, 0.2) is 0 Å². The molecule has 0 heterocycles. The lowest BCUT2D eigenvalue weighted by molar-refractivity contribution is 0.0999. The van der Waals surface area contributed by atoms with E-state index in [0.717, 1.165) is 31.2 Å².